The van der Waals surface area contributed by atoms with Crippen LogP contribution < -0.4 is 0 Å². The van der Waals surface area contributed by atoms with E-state index in [4.69, 9.17) is 19.4 Å². The summed E-state index contributed by atoms with van der Waals surface area (Å²) in [6.45, 7) is 23.8. The summed E-state index contributed by atoms with van der Waals surface area (Å²) in [5, 5.41) is 20.6. The molecule has 82 heavy (non-hydrogen) atoms. The summed E-state index contributed by atoms with van der Waals surface area (Å²) in [6.07, 6.45) is 4.18. The Balaban J connectivity index is 0.000000198. The van der Waals surface area contributed by atoms with Gasteiger partial charge in [0.1, 0.15) is 25.1 Å². The number of nitriles is 2. The Morgan fingerprint density at radius 3 is 1.38 bits per heavy atom. The monoisotopic (exact) mass is 1300 g/mol. The lowest BCUT2D eigenvalue weighted by Crippen LogP contribution is -2.22. The van der Waals surface area contributed by atoms with Crippen molar-refractivity contribution in [1.82, 2.24) is 27.0 Å². The first-order valence-corrected chi connectivity index (χ1v) is 38.8. The van der Waals surface area contributed by atoms with Gasteiger partial charge in [-0.2, -0.15) is 10.5 Å². The van der Waals surface area contributed by atoms with Crippen LogP contribution in [0.2, 0.25) is 51.4 Å². The zero-order chi connectivity index (χ0) is 59.1. The van der Waals surface area contributed by atoms with Crippen LogP contribution in [0.15, 0.2) is 140 Å². The average molecular weight is 1300 g/mol. The van der Waals surface area contributed by atoms with Crippen LogP contribution >= 0.6 is 31.9 Å². The van der Waals surface area contributed by atoms with Gasteiger partial charge >= 0.3 is 0 Å². The smallest absolute Gasteiger partial charge is 0.268 e. The van der Waals surface area contributed by atoms with Crippen molar-refractivity contribution < 1.29 is 26.3 Å². The first-order valence-electron chi connectivity index (χ1n) is 26.9. The molecule has 0 saturated carbocycles. The minimum atomic E-state index is -3.81. The Labute approximate surface area is 499 Å². The Kier molecular flexibility index (Phi) is 17.6. The van der Waals surface area contributed by atoms with Gasteiger partial charge in [0.25, 0.3) is 20.0 Å². The summed E-state index contributed by atoms with van der Waals surface area (Å²) < 4.78 is 75.1. The molecule has 4 aromatic heterocycles. The van der Waals surface area contributed by atoms with Crippen LogP contribution in [0.5, 0.6) is 0 Å². The molecule has 0 atom stereocenters. The molecule has 6 aromatic carbocycles. The summed E-state index contributed by atoms with van der Waals surface area (Å²) in [5.41, 5.74) is 11.6. The molecular formula is C62H66Br2N8O6S2Si2. The highest BCUT2D eigenvalue weighted by atomic mass is 79.9. The molecule has 20 heteroatoms. The van der Waals surface area contributed by atoms with Crippen molar-refractivity contribution >= 4 is 112 Å². The molecular weight excluding hydrogens is 1230 g/mol. The Hall–Kier alpha value is -6.47. The zero-order valence-corrected chi connectivity index (χ0v) is 54.6. The third-order valence-corrected chi connectivity index (χ3v) is 22.6. The van der Waals surface area contributed by atoms with Gasteiger partial charge in [0.05, 0.1) is 66.2 Å². The maximum atomic E-state index is 13.7. The molecule has 0 amide bonds. The fraction of sp³-hybridized carbons (Fsp3) is 0.290. The van der Waals surface area contributed by atoms with Gasteiger partial charge in [0, 0.05) is 74.3 Å². The van der Waals surface area contributed by atoms with E-state index < -0.39 is 36.2 Å². The highest BCUT2D eigenvalue weighted by Crippen LogP contribution is 2.37. The number of rotatable bonds is 18. The molecule has 14 nitrogen and oxygen atoms in total. The summed E-state index contributed by atoms with van der Waals surface area (Å²) in [7, 11) is -10.1. The molecule has 0 unspecified atom stereocenters. The molecule has 0 radical (unpaired) electrons. The van der Waals surface area contributed by atoms with Crippen LogP contribution in [0.25, 0.3) is 43.9 Å². The van der Waals surface area contributed by atoms with Gasteiger partial charge in [-0.05, 0) is 179 Å². The van der Waals surface area contributed by atoms with Crippen LogP contribution in [0, 0.1) is 50.4 Å². The van der Waals surface area contributed by atoms with E-state index in [0.717, 1.165) is 90.0 Å². The summed E-state index contributed by atoms with van der Waals surface area (Å²) in [4.78, 5) is 10.3. The molecule has 0 aliphatic carbocycles. The lowest BCUT2D eigenvalue weighted by atomic mass is 10.0. The average Bonchev–Trinajstić information content (AvgIpc) is 4.43. The van der Waals surface area contributed by atoms with Crippen molar-refractivity contribution in [2.75, 3.05) is 13.2 Å². The van der Waals surface area contributed by atoms with E-state index in [1.807, 2.05) is 74.7 Å². The second-order valence-electron chi connectivity index (χ2n) is 23.3. The number of hydrogen-bond donors (Lipinski definition) is 0. The summed E-state index contributed by atoms with van der Waals surface area (Å²) in [5.74, 6) is 1.59. The number of nitrogens with zero attached hydrogens (tertiary/aromatic N) is 8. The van der Waals surface area contributed by atoms with Crippen LogP contribution in [-0.4, -0.2) is 73.2 Å². The number of hydrogen-bond acceptors (Lipinski definition) is 10. The molecule has 0 aliphatic rings. The van der Waals surface area contributed by atoms with Gasteiger partial charge in [0.15, 0.2) is 0 Å². The van der Waals surface area contributed by atoms with Crippen LogP contribution in [0.1, 0.15) is 56.2 Å². The maximum Gasteiger partial charge on any atom is 0.268 e. The fourth-order valence-electron chi connectivity index (χ4n) is 9.85. The highest BCUT2D eigenvalue weighted by Gasteiger charge is 2.26. The molecule has 0 saturated heterocycles. The molecule has 0 spiro atoms. The first-order chi connectivity index (χ1) is 38.8. The van der Waals surface area contributed by atoms with Crippen molar-refractivity contribution in [3.63, 3.8) is 0 Å². The third kappa shape index (κ3) is 12.8. The van der Waals surface area contributed by atoms with Crippen LogP contribution in [0.4, 0.5) is 0 Å². The number of imidazole rings is 2. The SMILES string of the molecule is Cc1ccc(S(=O)(=O)n2ccc3c(Cc4nc5cc(C#N)ccc5n4COCC[Si](C)(C)C)c(C)cc(Br)c32)cc1.Cc1ccc(S(=O)(=O)n2ccc3c(Cc4nc5ccc(C#N)cc5n4COCC[Si](C)(C)C)c(C)cc(Br)c32)cc1. The summed E-state index contributed by atoms with van der Waals surface area (Å²) in [6, 6.07) is 38.9. The topological polar surface area (TPSA) is 180 Å². The number of ether oxygens (including phenoxy) is 2. The number of halogens is 2. The number of aryl methyl sites for hydroxylation is 4. The predicted molar refractivity (Wildman–Crippen MR) is 339 cm³/mol. The minimum absolute atomic E-state index is 0.236. The van der Waals surface area contributed by atoms with Gasteiger partial charge in [-0.15, -0.1) is 0 Å². The van der Waals surface area contributed by atoms with Gasteiger partial charge in [0.2, 0.25) is 0 Å². The van der Waals surface area contributed by atoms with E-state index >= 15 is 0 Å². The molecule has 0 aliphatic heterocycles. The van der Waals surface area contributed by atoms with Crippen molar-refractivity contribution in [1.29, 1.82) is 10.5 Å². The highest BCUT2D eigenvalue weighted by molar-refractivity contribution is 9.11. The van der Waals surface area contributed by atoms with Crippen LogP contribution in [-0.2, 0) is 55.8 Å². The number of aromatic nitrogens is 6. The Morgan fingerprint density at radius 1 is 0.524 bits per heavy atom. The number of fused-ring (bicyclic) bond motifs is 4. The predicted octanol–water partition coefficient (Wildman–Crippen LogP) is 14.8. The molecule has 424 valence electrons. The quantitative estimate of drug-likeness (QED) is 0.0592. The van der Waals surface area contributed by atoms with E-state index in [1.165, 1.54) is 7.94 Å². The van der Waals surface area contributed by atoms with E-state index in [0.29, 0.717) is 70.6 Å². The van der Waals surface area contributed by atoms with E-state index in [1.54, 1.807) is 79.1 Å². The molecule has 4 heterocycles. The zero-order valence-electron chi connectivity index (χ0n) is 47.8. The maximum absolute atomic E-state index is 13.7. The largest absolute Gasteiger partial charge is 0.361 e. The van der Waals surface area contributed by atoms with E-state index in [2.05, 4.69) is 87.8 Å². The van der Waals surface area contributed by atoms with E-state index in [-0.39, 0.29) is 9.79 Å². The molecule has 10 rings (SSSR count). The van der Waals surface area contributed by atoms with Gasteiger partial charge in [-0.1, -0.05) is 74.7 Å². The fourth-order valence-corrected chi connectivity index (χ4v) is 15.8. The lowest BCUT2D eigenvalue weighted by molar-refractivity contribution is 0.0880. The second kappa shape index (κ2) is 24.0. The molecule has 0 fully saturated rings. The van der Waals surface area contributed by atoms with Crippen molar-refractivity contribution in [3.05, 3.63) is 187 Å². The standard InChI is InChI=1S/2C31H33BrN4O3SSi/c1-21-6-9-24(10-7-21)40(37,38)36-13-12-25-26(22(2)16-27(32)31(25)36)18-30-34-28-17-23(19-33)8-11-29(28)35(30)20-39-14-15-41(3,4)5;1-21-6-9-24(10-7-21)40(37,38)36-13-12-25-26(22(2)16-27(32)31(25)36)18-30-34-28-11-8-23(19-33)17-29(28)35(30)20-39-14-15-41(3,4)5/h2*6-13,16-17H,14-15,18,20H2,1-5H3. The van der Waals surface area contributed by atoms with Crippen molar-refractivity contribution in [2.45, 2.75) is 115 Å². The summed E-state index contributed by atoms with van der Waals surface area (Å²) >= 11 is 7.27. The number of benzene rings is 6. The third-order valence-electron chi connectivity index (χ3n) is 14.6. The van der Waals surface area contributed by atoms with Crippen molar-refractivity contribution in [2.24, 2.45) is 0 Å². The van der Waals surface area contributed by atoms with Crippen LogP contribution in [0.3, 0.4) is 0 Å². The molecule has 0 N–H and O–H groups in total. The Morgan fingerprint density at radius 2 is 0.939 bits per heavy atom. The van der Waals surface area contributed by atoms with Gasteiger partial charge in [-0.3, -0.25) is 0 Å². The molecule has 10 aromatic rings. The Bertz CT molecular complexity index is 4230. The normalized spacial score (nSPS) is 12.3. The minimum Gasteiger partial charge on any atom is -0.361 e. The van der Waals surface area contributed by atoms with E-state index in [9.17, 15) is 27.4 Å². The van der Waals surface area contributed by atoms with Gasteiger partial charge < -0.3 is 18.6 Å². The second-order valence-corrected chi connectivity index (χ2v) is 39.9. The lowest BCUT2D eigenvalue weighted by Gasteiger charge is -2.17. The van der Waals surface area contributed by atoms with Gasteiger partial charge in [-0.25, -0.2) is 34.7 Å². The molecule has 0 bridgehead atoms. The first kappa shape index (κ1) is 60.1. The van der Waals surface area contributed by atoms with Crippen molar-refractivity contribution in [3.8, 4) is 12.1 Å².